The molecule has 1 heterocycles. The minimum atomic E-state index is -1.70. The number of carbonyl (C=O) groups is 5. The number of carboxylic acids is 2. The van der Waals surface area contributed by atoms with Gasteiger partial charge in [-0.3, -0.25) is 19.2 Å². The first kappa shape index (κ1) is 28.3. The SMILES string of the molecule is CC(C)C(N)C(=O)NC(Cc1c[nH]c2ccccc12)C(=O)NC(CC(=O)O)C(=O)NC(CO)C(=O)O. The minimum absolute atomic E-state index is 0.0117. The van der Waals surface area contributed by atoms with Crippen molar-refractivity contribution >= 4 is 40.6 Å². The molecule has 0 spiro atoms. The molecule has 13 heteroatoms. The van der Waals surface area contributed by atoms with Gasteiger partial charge < -0.3 is 42.0 Å². The number of rotatable bonds is 13. The third kappa shape index (κ3) is 7.52. The molecule has 3 amide bonds. The Hall–Kier alpha value is -3.97. The first-order valence-corrected chi connectivity index (χ1v) is 11.2. The Morgan fingerprint density at radius 2 is 1.50 bits per heavy atom. The fraction of sp³-hybridized carbons (Fsp3) is 0.435. The summed E-state index contributed by atoms with van der Waals surface area (Å²) in [5, 5.41) is 35.0. The number of fused-ring (bicyclic) bond motifs is 1. The van der Waals surface area contributed by atoms with Gasteiger partial charge >= 0.3 is 11.9 Å². The van der Waals surface area contributed by atoms with E-state index in [1.165, 1.54) is 0 Å². The van der Waals surface area contributed by atoms with Gasteiger partial charge in [-0.1, -0.05) is 32.0 Å². The van der Waals surface area contributed by atoms with Crippen molar-refractivity contribution in [3.05, 3.63) is 36.0 Å². The number of benzene rings is 1. The number of carbonyl (C=O) groups excluding carboxylic acids is 3. The fourth-order valence-corrected chi connectivity index (χ4v) is 3.41. The smallest absolute Gasteiger partial charge is 0.328 e. The van der Waals surface area contributed by atoms with E-state index in [-0.39, 0.29) is 12.3 Å². The number of aliphatic hydroxyl groups excluding tert-OH is 1. The van der Waals surface area contributed by atoms with Crippen LogP contribution >= 0.6 is 0 Å². The Balaban J connectivity index is 2.31. The normalized spacial score (nSPS) is 14.5. The largest absolute Gasteiger partial charge is 0.481 e. The quantitative estimate of drug-likeness (QED) is 0.162. The van der Waals surface area contributed by atoms with Crippen LogP contribution in [0.3, 0.4) is 0 Å². The first-order chi connectivity index (χ1) is 16.9. The van der Waals surface area contributed by atoms with E-state index in [4.69, 9.17) is 15.9 Å². The van der Waals surface area contributed by atoms with E-state index in [1.807, 2.05) is 23.5 Å². The van der Waals surface area contributed by atoms with Crippen LogP contribution in [0.1, 0.15) is 25.8 Å². The maximum atomic E-state index is 13.2. The number of hydrogen-bond acceptors (Lipinski definition) is 7. The number of para-hydroxylation sites is 1. The zero-order chi connectivity index (χ0) is 27.0. The second kappa shape index (κ2) is 12.7. The molecule has 0 aliphatic carbocycles. The van der Waals surface area contributed by atoms with Gasteiger partial charge in [-0.05, 0) is 17.5 Å². The molecule has 2 rings (SSSR count). The molecule has 0 radical (unpaired) electrons. The van der Waals surface area contributed by atoms with Crippen LogP contribution in [-0.2, 0) is 30.4 Å². The lowest BCUT2D eigenvalue weighted by molar-refractivity contribution is -0.144. The predicted molar refractivity (Wildman–Crippen MR) is 128 cm³/mol. The molecule has 0 saturated heterocycles. The molecular formula is C23H31N5O8. The van der Waals surface area contributed by atoms with Crippen LogP contribution in [-0.4, -0.2) is 80.7 Å². The highest BCUT2D eigenvalue weighted by molar-refractivity contribution is 5.96. The number of aliphatic hydroxyl groups is 1. The zero-order valence-electron chi connectivity index (χ0n) is 19.9. The van der Waals surface area contributed by atoms with E-state index in [2.05, 4.69) is 15.6 Å². The average Bonchev–Trinajstić information content (AvgIpc) is 3.23. The summed E-state index contributed by atoms with van der Waals surface area (Å²) in [4.78, 5) is 63.9. The van der Waals surface area contributed by atoms with Crippen LogP contribution in [0.2, 0.25) is 0 Å². The molecule has 13 nitrogen and oxygen atoms in total. The van der Waals surface area contributed by atoms with Crippen molar-refractivity contribution in [2.45, 2.75) is 50.9 Å². The molecule has 0 bridgehead atoms. The Labute approximate surface area is 206 Å². The number of carboxylic acid groups (broad SMARTS) is 2. The number of aromatic nitrogens is 1. The monoisotopic (exact) mass is 505 g/mol. The maximum absolute atomic E-state index is 13.2. The summed E-state index contributed by atoms with van der Waals surface area (Å²) in [5.74, 6) is -5.83. The average molecular weight is 506 g/mol. The van der Waals surface area contributed by atoms with Crippen molar-refractivity contribution < 1.29 is 39.3 Å². The second-order valence-electron chi connectivity index (χ2n) is 8.64. The number of aromatic amines is 1. The van der Waals surface area contributed by atoms with Gasteiger partial charge in [0.2, 0.25) is 17.7 Å². The summed E-state index contributed by atoms with van der Waals surface area (Å²) >= 11 is 0. The van der Waals surface area contributed by atoms with Crippen molar-refractivity contribution in [2.75, 3.05) is 6.61 Å². The number of amides is 3. The number of H-pyrrole nitrogens is 1. The summed E-state index contributed by atoms with van der Waals surface area (Å²) in [6.07, 6.45) is 0.788. The lowest BCUT2D eigenvalue weighted by Gasteiger charge is -2.25. The van der Waals surface area contributed by atoms with Crippen molar-refractivity contribution in [2.24, 2.45) is 11.7 Å². The van der Waals surface area contributed by atoms with Crippen molar-refractivity contribution in [1.82, 2.24) is 20.9 Å². The van der Waals surface area contributed by atoms with E-state index < -0.39 is 66.9 Å². The molecule has 4 atom stereocenters. The fourth-order valence-electron chi connectivity index (χ4n) is 3.41. The molecule has 9 N–H and O–H groups in total. The van der Waals surface area contributed by atoms with Crippen LogP contribution in [0.4, 0.5) is 0 Å². The van der Waals surface area contributed by atoms with E-state index in [1.54, 1.807) is 26.1 Å². The molecule has 0 aliphatic heterocycles. The Morgan fingerprint density at radius 1 is 0.917 bits per heavy atom. The Bertz CT molecular complexity index is 1110. The Morgan fingerprint density at radius 3 is 2.08 bits per heavy atom. The topological polar surface area (TPSA) is 224 Å². The van der Waals surface area contributed by atoms with E-state index in [0.717, 1.165) is 10.9 Å². The maximum Gasteiger partial charge on any atom is 0.328 e. The third-order valence-corrected chi connectivity index (χ3v) is 5.56. The zero-order valence-corrected chi connectivity index (χ0v) is 19.9. The van der Waals surface area contributed by atoms with Crippen LogP contribution in [0.15, 0.2) is 30.5 Å². The lowest BCUT2D eigenvalue weighted by atomic mass is 10.0. The van der Waals surface area contributed by atoms with Gasteiger partial charge in [-0.25, -0.2) is 4.79 Å². The summed E-state index contributed by atoms with van der Waals surface area (Å²) in [6.45, 7) is 2.51. The van der Waals surface area contributed by atoms with Crippen LogP contribution in [0.5, 0.6) is 0 Å². The third-order valence-electron chi connectivity index (χ3n) is 5.56. The molecule has 0 aliphatic rings. The molecule has 0 saturated carbocycles. The number of hydrogen-bond donors (Lipinski definition) is 8. The van der Waals surface area contributed by atoms with Crippen LogP contribution < -0.4 is 21.7 Å². The van der Waals surface area contributed by atoms with E-state index >= 15 is 0 Å². The molecule has 4 unspecified atom stereocenters. The van der Waals surface area contributed by atoms with E-state index in [0.29, 0.717) is 5.56 Å². The standard InChI is InChI=1S/C23H31N5O8/c1-11(2)19(24)22(34)27-15(7-12-9-25-14-6-4-3-5-13(12)14)20(32)26-16(8-18(30)31)21(33)28-17(10-29)23(35)36/h3-6,9,11,15-17,19,25,29H,7-8,10,24H2,1-2H3,(H,26,32)(H,27,34)(H,28,33)(H,30,31)(H,35,36). The minimum Gasteiger partial charge on any atom is -0.481 e. The number of aliphatic carboxylic acids is 2. The highest BCUT2D eigenvalue weighted by Gasteiger charge is 2.32. The van der Waals surface area contributed by atoms with Crippen molar-refractivity contribution in [3.63, 3.8) is 0 Å². The summed E-state index contributed by atoms with van der Waals surface area (Å²) in [5.41, 5.74) is 7.39. The first-order valence-electron chi connectivity index (χ1n) is 11.2. The van der Waals surface area contributed by atoms with Crippen LogP contribution in [0, 0.1) is 5.92 Å². The van der Waals surface area contributed by atoms with Gasteiger partial charge in [0.25, 0.3) is 0 Å². The summed E-state index contributed by atoms with van der Waals surface area (Å²) in [6, 6.07) is 1.73. The van der Waals surface area contributed by atoms with Gasteiger partial charge in [-0.2, -0.15) is 0 Å². The van der Waals surface area contributed by atoms with Gasteiger partial charge in [0.15, 0.2) is 0 Å². The second-order valence-corrected chi connectivity index (χ2v) is 8.64. The molecule has 36 heavy (non-hydrogen) atoms. The molecular weight excluding hydrogens is 474 g/mol. The lowest BCUT2D eigenvalue weighted by Crippen LogP contribution is -2.58. The molecule has 196 valence electrons. The van der Waals surface area contributed by atoms with Gasteiger partial charge in [0, 0.05) is 23.5 Å². The molecule has 0 fully saturated rings. The Kier molecular flexibility index (Phi) is 9.93. The number of nitrogens with two attached hydrogens (primary N) is 1. The highest BCUT2D eigenvalue weighted by atomic mass is 16.4. The molecule has 1 aromatic carbocycles. The number of nitrogens with one attached hydrogen (secondary N) is 4. The van der Waals surface area contributed by atoms with Gasteiger partial charge in [-0.15, -0.1) is 0 Å². The summed E-state index contributed by atoms with van der Waals surface area (Å²) < 4.78 is 0. The molecule has 1 aromatic heterocycles. The van der Waals surface area contributed by atoms with Gasteiger partial charge in [0.05, 0.1) is 19.1 Å². The van der Waals surface area contributed by atoms with Gasteiger partial charge in [0.1, 0.15) is 18.1 Å². The van der Waals surface area contributed by atoms with Crippen LogP contribution in [0.25, 0.3) is 10.9 Å². The summed E-state index contributed by atoms with van der Waals surface area (Å²) in [7, 11) is 0. The molecule has 2 aromatic rings. The predicted octanol–water partition coefficient (Wildman–Crippen LogP) is -1.30. The highest BCUT2D eigenvalue weighted by Crippen LogP contribution is 2.19. The van der Waals surface area contributed by atoms with Crippen molar-refractivity contribution in [3.8, 4) is 0 Å². The van der Waals surface area contributed by atoms with Crippen molar-refractivity contribution in [1.29, 1.82) is 0 Å². The van der Waals surface area contributed by atoms with E-state index in [9.17, 15) is 29.1 Å².